The lowest BCUT2D eigenvalue weighted by Gasteiger charge is -2.16. The number of hydrogen-bond acceptors (Lipinski definition) is 3. The standard InChI is InChI=1S/C11H22N2OS/c1-12-10-6-8-13(11(10)14)7-4-3-5-9-15-2/h10,12H,3-9H2,1-2H3. The van der Waals surface area contributed by atoms with Gasteiger partial charge in [0.2, 0.25) is 5.91 Å². The molecular formula is C11H22N2OS. The quantitative estimate of drug-likeness (QED) is 0.670. The van der Waals surface area contributed by atoms with Crippen LogP contribution in [0.2, 0.25) is 0 Å². The van der Waals surface area contributed by atoms with Crippen molar-refractivity contribution in [3.63, 3.8) is 0 Å². The zero-order valence-corrected chi connectivity index (χ0v) is 10.6. The Labute approximate surface area is 97.0 Å². The Hall–Kier alpha value is -0.220. The molecule has 1 rings (SSSR count). The second-order valence-corrected chi connectivity index (χ2v) is 4.99. The molecule has 0 aliphatic carbocycles. The molecule has 1 atom stereocenters. The predicted molar refractivity (Wildman–Crippen MR) is 66.3 cm³/mol. The molecule has 0 bridgehead atoms. The van der Waals surface area contributed by atoms with Crippen LogP contribution in [0.15, 0.2) is 0 Å². The number of nitrogens with one attached hydrogen (secondary N) is 1. The van der Waals surface area contributed by atoms with E-state index in [1.807, 2.05) is 23.7 Å². The van der Waals surface area contributed by atoms with Gasteiger partial charge in [-0.15, -0.1) is 0 Å². The Morgan fingerprint density at radius 2 is 2.27 bits per heavy atom. The normalized spacial score (nSPS) is 21.3. The maximum Gasteiger partial charge on any atom is 0.239 e. The lowest BCUT2D eigenvalue weighted by atomic mass is 10.2. The van der Waals surface area contributed by atoms with Crippen molar-refractivity contribution in [2.45, 2.75) is 31.7 Å². The minimum absolute atomic E-state index is 0.0798. The monoisotopic (exact) mass is 230 g/mol. The van der Waals surface area contributed by atoms with E-state index in [2.05, 4.69) is 11.6 Å². The third-order valence-electron chi connectivity index (χ3n) is 2.92. The molecule has 0 aromatic heterocycles. The largest absolute Gasteiger partial charge is 0.341 e. The van der Waals surface area contributed by atoms with Gasteiger partial charge in [0.05, 0.1) is 6.04 Å². The van der Waals surface area contributed by atoms with Gasteiger partial charge < -0.3 is 10.2 Å². The van der Waals surface area contributed by atoms with Crippen LogP contribution in [-0.2, 0) is 4.79 Å². The molecule has 1 N–H and O–H groups in total. The highest BCUT2D eigenvalue weighted by Gasteiger charge is 2.29. The molecule has 1 saturated heterocycles. The second kappa shape index (κ2) is 7.12. The molecule has 0 aromatic rings. The fourth-order valence-electron chi connectivity index (χ4n) is 1.95. The minimum atomic E-state index is 0.0798. The Balaban J connectivity index is 2.09. The lowest BCUT2D eigenvalue weighted by molar-refractivity contribution is -0.129. The Morgan fingerprint density at radius 3 is 2.87 bits per heavy atom. The van der Waals surface area contributed by atoms with E-state index in [-0.39, 0.29) is 6.04 Å². The second-order valence-electron chi connectivity index (χ2n) is 4.01. The molecule has 0 radical (unpaired) electrons. The molecule has 0 spiro atoms. The van der Waals surface area contributed by atoms with Crippen molar-refractivity contribution in [2.75, 3.05) is 32.1 Å². The van der Waals surface area contributed by atoms with E-state index in [4.69, 9.17) is 0 Å². The van der Waals surface area contributed by atoms with Gasteiger partial charge in [-0.25, -0.2) is 0 Å². The third-order valence-corrected chi connectivity index (χ3v) is 3.62. The number of carbonyl (C=O) groups excluding carboxylic acids is 1. The van der Waals surface area contributed by atoms with Crippen molar-refractivity contribution in [3.8, 4) is 0 Å². The summed E-state index contributed by atoms with van der Waals surface area (Å²) >= 11 is 1.90. The van der Waals surface area contributed by atoms with Crippen LogP contribution < -0.4 is 5.32 Å². The highest BCUT2D eigenvalue weighted by atomic mass is 32.2. The molecule has 0 aromatic carbocycles. The van der Waals surface area contributed by atoms with Crippen LogP contribution in [0.5, 0.6) is 0 Å². The van der Waals surface area contributed by atoms with Gasteiger partial charge in [0.25, 0.3) is 0 Å². The van der Waals surface area contributed by atoms with E-state index < -0.39 is 0 Å². The first kappa shape index (κ1) is 12.8. The summed E-state index contributed by atoms with van der Waals surface area (Å²) < 4.78 is 0. The third kappa shape index (κ3) is 4.03. The van der Waals surface area contributed by atoms with Gasteiger partial charge in [-0.1, -0.05) is 6.42 Å². The summed E-state index contributed by atoms with van der Waals surface area (Å²) in [6.07, 6.45) is 6.79. The van der Waals surface area contributed by atoms with Gasteiger partial charge in [-0.05, 0) is 38.3 Å². The first-order valence-corrected chi connectivity index (χ1v) is 7.14. The summed E-state index contributed by atoms with van der Waals surface area (Å²) in [5.74, 6) is 1.54. The minimum Gasteiger partial charge on any atom is -0.341 e. The Morgan fingerprint density at radius 1 is 1.47 bits per heavy atom. The van der Waals surface area contributed by atoms with E-state index in [0.29, 0.717) is 5.91 Å². The van der Waals surface area contributed by atoms with Crippen LogP contribution in [0, 0.1) is 0 Å². The van der Waals surface area contributed by atoms with Gasteiger partial charge >= 0.3 is 0 Å². The molecule has 4 heteroatoms. The number of likely N-dealkylation sites (N-methyl/N-ethyl adjacent to an activating group) is 1. The van der Waals surface area contributed by atoms with Gasteiger partial charge in [0, 0.05) is 13.1 Å². The molecule has 3 nitrogen and oxygen atoms in total. The molecule has 1 fully saturated rings. The van der Waals surface area contributed by atoms with E-state index >= 15 is 0 Å². The fraction of sp³-hybridized carbons (Fsp3) is 0.909. The van der Waals surface area contributed by atoms with Crippen LogP contribution in [0.25, 0.3) is 0 Å². The molecule has 1 aliphatic heterocycles. The SMILES string of the molecule is CNC1CCN(CCCCCSC)C1=O. The van der Waals surface area contributed by atoms with Gasteiger partial charge in [0.1, 0.15) is 0 Å². The number of nitrogens with zero attached hydrogens (tertiary/aromatic N) is 1. The van der Waals surface area contributed by atoms with Crippen molar-refractivity contribution in [1.29, 1.82) is 0 Å². The van der Waals surface area contributed by atoms with Gasteiger partial charge in [-0.3, -0.25) is 4.79 Å². The Kier molecular flexibility index (Phi) is 6.10. The molecule has 0 saturated carbocycles. The van der Waals surface area contributed by atoms with Gasteiger partial charge in [0.15, 0.2) is 0 Å². The van der Waals surface area contributed by atoms with Crippen LogP contribution in [0.1, 0.15) is 25.7 Å². The molecule has 15 heavy (non-hydrogen) atoms. The Bertz CT molecular complexity index is 199. The molecule has 1 unspecified atom stereocenters. The summed E-state index contributed by atoms with van der Waals surface area (Å²) in [5, 5.41) is 3.06. The van der Waals surface area contributed by atoms with Crippen molar-refractivity contribution >= 4 is 17.7 Å². The number of unbranched alkanes of at least 4 members (excludes halogenated alkanes) is 2. The summed E-state index contributed by atoms with van der Waals surface area (Å²) in [5.41, 5.74) is 0. The van der Waals surface area contributed by atoms with Crippen molar-refractivity contribution in [2.24, 2.45) is 0 Å². The topological polar surface area (TPSA) is 32.3 Å². The number of carbonyl (C=O) groups is 1. The number of thioether (sulfide) groups is 1. The maximum absolute atomic E-state index is 11.7. The number of rotatable bonds is 7. The van der Waals surface area contributed by atoms with E-state index in [9.17, 15) is 4.79 Å². The van der Waals surface area contributed by atoms with Crippen molar-refractivity contribution < 1.29 is 4.79 Å². The predicted octanol–water partition coefficient (Wildman–Crippen LogP) is 1.34. The number of likely N-dealkylation sites (tertiary alicyclic amines) is 1. The van der Waals surface area contributed by atoms with E-state index in [1.54, 1.807) is 0 Å². The first-order chi connectivity index (χ1) is 7.29. The molecular weight excluding hydrogens is 208 g/mol. The highest BCUT2D eigenvalue weighted by Crippen LogP contribution is 2.12. The van der Waals surface area contributed by atoms with Crippen LogP contribution in [-0.4, -0.2) is 49.0 Å². The molecule has 88 valence electrons. The first-order valence-electron chi connectivity index (χ1n) is 5.74. The fourth-order valence-corrected chi connectivity index (χ4v) is 2.45. The number of hydrogen-bond donors (Lipinski definition) is 1. The molecule has 1 amide bonds. The van der Waals surface area contributed by atoms with Crippen molar-refractivity contribution in [3.05, 3.63) is 0 Å². The molecule has 1 heterocycles. The van der Waals surface area contributed by atoms with Crippen LogP contribution in [0.3, 0.4) is 0 Å². The maximum atomic E-state index is 11.7. The highest BCUT2D eigenvalue weighted by molar-refractivity contribution is 7.98. The zero-order chi connectivity index (χ0) is 11.1. The average molecular weight is 230 g/mol. The molecule has 1 aliphatic rings. The summed E-state index contributed by atoms with van der Waals surface area (Å²) in [6, 6.07) is 0.0798. The number of amides is 1. The summed E-state index contributed by atoms with van der Waals surface area (Å²) in [6.45, 7) is 1.89. The smallest absolute Gasteiger partial charge is 0.239 e. The van der Waals surface area contributed by atoms with E-state index in [1.165, 1.54) is 18.6 Å². The van der Waals surface area contributed by atoms with Crippen LogP contribution >= 0.6 is 11.8 Å². The zero-order valence-electron chi connectivity index (χ0n) is 9.79. The van der Waals surface area contributed by atoms with Gasteiger partial charge in [-0.2, -0.15) is 11.8 Å². The lowest BCUT2D eigenvalue weighted by Crippen LogP contribution is -2.36. The average Bonchev–Trinajstić information content (AvgIpc) is 2.60. The van der Waals surface area contributed by atoms with E-state index in [0.717, 1.165) is 25.9 Å². The van der Waals surface area contributed by atoms with Crippen LogP contribution in [0.4, 0.5) is 0 Å². The summed E-state index contributed by atoms with van der Waals surface area (Å²) in [4.78, 5) is 13.7. The summed E-state index contributed by atoms with van der Waals surface area (Å²) in [7, 11) is 1.87. The van der Waals surface area contributed by atoms with Crippen molar-refractivity contribution in [1.82, 2.24) is 10.2 Å².